The van der Waals surface area contributed by atoms with Crippen LogP contribution in [0.5, 0.6) is 11.6 Å². The van der Waals surface area contributed by atoms with E-state index < -0.39 is 0 Å². The molecule has 2 heterocycles. The highest BCUT2D eigenvalue weighted by molar-refractivity contribution is 6.32. The highest BCUT2D eigenvalue weighted by atomic mass is 35.5. The van der Waals surface area contributed by atoms with Crippen LogP contribution in [-0.2, 0) is 0 Å². The van der Waals surface area contributed by atoms with Crippen molar-refractivity contribution in [3.8, 4) is 11.6 Å². The lowest BCUT2D eigenvalue weighted by Crippen LogP contribution is -2.14. The summed E-state index contributed by atoms with van der Waals surface area (Å²) in [5.74, 6) is 0.329. The lowest BCUT2D eigenvalue weighted by molar-refractivity contribution is 0.102. The number of H-pyrrole nitrogens is 1. The quantitative estimate of drug-likeness (QED) is 0.210. The number of hydrogen-bond acceptors (Lipinski definition) is 4. The van der Waals surface area contributed by atoms with E-state index in [9.17, 15) is 4.79 Å². The molecule has 6 rings (SSSR count). The Hall–Kier alpha value is -4.26. The van der Waals surface area contributed by atoms with Crippen LogP contribution in [-0.4, -0.2) is 15.9 Å². The molecular formula is C28H18Cl2N4O2. The SMILES string of the molecule is Nc1ccccc1C(=O)Nc1ccc(Cl)cc1Oc1nc2ccccc2c2[nH]c3ccc(Cl)cc3c12. The third kappa shape index (κ3) is 3.86. The van der Waals surface area contributed by atoms with Crippen molar-refractivity contribution in [1.29, 1.82) is 0 Å². The summed E-state index contributed by atoms with van der Waals surface area (Å²) in [6.45, 7) is 0. The molecule has 0 unspecified atom stereocenters. The van der Waals surface area contributed by atoms with Gasteiger partial charge in [0, 0.05) is 38.1 Å². The number of nitrogens with two attached hydrogens (primary N) is 1. The number of carbonyl (C=O) groups is 1. The zero-order valence-electron chi connectivity index (χ0n) is 18.7. The topological polar surface area (TPSA) is 93.0 Å². The van der Waals surface area contributed by atoms with Crippen LogP contribution in [0.15, 0.2) is 84.9 Å². The molecule has 6 aromatic rings. The maximum absolute atomic E-state index is 13.0. The summed E-state index contributed by atoms with van der Waals surface area (Å²) in [4.78, 5) is 21.3. The number of fused-ring (bicyclic) bond motifs is 5. The van der Waals surface area contributed by atoms with Crippen molar-refractivity contribution in [1.82, 2.24) is 9.97 Å². The third-order valence-electron chi connectivity index (χ3n) is 5.97. The zero-order valence-corrected chi connectivity index (χ0v) is 20.2. The minimum Gasteiger partial charge on any atom is -0.436 e. The van der Waals surface area contributed by atoms with E-state index in [-0.39, 0.29) is 5.91 Å². The van der Waals surface area contributed by atoms with E-state index in [1.807, 2.05) is 42.5 Å². The van der Waals surface area contributed by atoms with Gasteiger partial charge in [-0.3, -0.25) is 4.79 Å². The first-order valence-corrected chi connectivity index (χ1v) is 11.9. The van der Waals surface area contributed by atoms with Crippen molar-refractivity contribution < 1.29 is 9.53 Å². The number of nitrogens with zero attached hydrogens (tertiary/aromatic N) is 1. The molecule has 1 amide bonds. The standard InChI is InChI=1S/C28H18Cl2N4O2/c29-15-9-11-22-19(13-15)25-26(32-22)18-6-2-4-8-21(18)34-28(25)36-24-14-16(30)10-12-23(24)33-27(35)17-5-1-3-7-20(17)31/h1-14,32H,31H2,(H,33,35). The van der Waals surface area contributed by atoms with Crippen molar-refractivity contribution in [3.63, 3.8) is 0 Å². The van der Waals surface area contributed by atoms with Crippen molar-refractivity contribution >= 4 is 73.2 Å². The van der Waals surface area contributed by atoms with Crippen molar-refractivity contribution in [3.05, 3.63) is 101 Å². The maximum Gasteiger partial charge on any atom is 0.257 e. The summed E-state index contributed by atoms with van der Waals surface area (Å²) in [5, 5.41) is 6.52. The molecule has 4 N–H and O–H groups in total. The number of para-hydroxylation sites is 2. The number of pyridine rings is 1. The fourth-order valence-corrected chi connectivity index (χ4v) is 4.63. The molecule has 0 atom stereocenters. The Morgan fingerprint density at radius 3 is 2.50 bits per heavy atom. The monoisotopic (exact) mass is 512 g/mol. The number of nitrogens with one attached hydrogen (secondary N) is 2. The lowest BCUT2D eigenvalue weighted by atomic mass is 10.1. The number of nitrogen functional groups attached to an aromatic ring is 1. The van der Waals surface area contributed by atoms with Gasteiger partial charge < -0.3 is 20.8 Å². The fraction of sp³-hybridized carbons (Fsp3) is 0. The highest BCUT2D eigenvalue weighted by Crippen LogP contribution is 2.41. The predicted octanol–water partition coefficient (Wildman–Crippen LogP) is 7.80. The molecule has 8 heteroatoms. The number of hydrogen-bond donors (Lipinski definition) is 3. The summed E-state index contributed by atoms with van der Waals surface area (Å²) in [5.41, 5.74) is 9.67. The first-order valence-electron chi connectivity index (χ1n) is 11.1. The van der Waals surface area contributed by atoms with Gasteiger partial charge in [-0.2, -0.15) is 0 Å². The Bertz CT molecular complexity index is 1810. The van der Waals surface area contributed by atoms with E-state index in [0.29, 0.717) is 38.6 Å². The lowest BCUT2D eigenvalue weighted by Gasteiger charge is -2.14. The molecule has 0 saturated carbocycles. The Morgan fingerprint density at radius 2 is 1.64 bits per heavy atom. The van der Waals surface area contributed by atoms with Crippen LogP contribution in [0.25, 0.3) is 32.7 Å². The molecule has 0 aliphatic heterocycles. The summed E-state index contributed by atoms with van der Waals surface area (Å²) >= 11 is 12.6. The molecule has 176 valence electrons. The summed E-state index contributed by atoms with van der Waals surface area (Å²) < 4.78 is 6.38. The highest BCUT2D eigenvalue weighted by Gasteiger charge is 2.19. The summed E-state index contributed by atoms with van der Waals surface area (Å²) in [6, 6.07) is 25.3. The molecule has 4 aromatic carbocycles. The van der Waals surface area contributed by atoms with Crippen LogP contribution in [0.2, 0.25) is 10.0 Å². The van der Waals surface area contributed by atoms with E-state index in [1.54, 1.807) is 42.5 Å². The number of aromatic nitrogens is 2. The predicted molar refractivity (Wildman–Crippen MR) is 146 cm³/mol. The average Bonchev–Trinajstić information content (AvgIpc) is 3.25. The molecule has 0 aliphatic rings. The van der Waals surface area contributed by atoms with E-state index in [2.05, 4.69) is 10.3 Å². The van der Waals surface area contributed by atoms with Crippen LogP contribution in [0.3, 0.4) is 0 Å². The van der Waals surface area contributed by atoms with E-state index >= 15 is 0 Å². The number of benzene rings is 4. The van der Waals surface area contributed by atoms with Crippen LogP contribution in [0, 0.1) is 0 Å². The van der Waals surface area contributed by atoms with Crippen LogP contribution in [0.1, 0.15) is 10.4 Å². The molecule has 0 fully saturated rings. The van der Waals surface area contributed by atoms with Gasteiger partial charge in [0.25, 0.3) is 5.91 Å². The normalized spacial score (nSPS) is 11.3. The number of rotatable bonds is 4. The molecule has 0 saturated heterocycles. The summed E-state index contributed by atoms with van der Waals surface area (Å²) in [6.07, 6.45) is 0. The van der Waals surface area contributed by atoms with Gasteiger partial charge in [-0.25, -0.2) is 4.98 Å². The fourth-order valence-electron chi connectivity index (χ4n) is 4.29. The second kappa shape index (κ2) is 8.75. The Balaban J connectivity index is 1.51. The van der Waals surface area contributed by atoms with E-state index in [1.165, 1.54) is 0 Å². The van der Waals surface area contributed by atoms with Gasteiger partial charge in [-0.1, -0.05) is 53.5 Å². The molecule has 36 heavy (non-hydrogen) atoms. The molecular weight excluding hydrogens is 495 g/mol. The molecule has 2 aromatic heterocycles. The van der Waals surface area contributed by atoms with Crippen molar-refractivity contribution in [2.75, 3.05) is 11.1 Å². The van der Waals surface area contributed by atoms with Crippen molar-refractivity contribution in [2.24, 2.45) is 0 Å². The molecule has 0 radical (unpaired) electrons. The van der Waals surface area contributed by atoms with Gasteiger partial charge in [-0.05, 0) is 48.5 Å². The largest absolute Gasteiger partial charge is 0.436 e. The van der Waals surface area contributed by atoms with Crippen LogP contribution < -0.4 is 15.8 Å². The zero-order chi connectivity index (χ0) is 24.8. The second-order valence-electron chi connectivity index (χ2n) is 8.28. The van der Waals surface area contributed by atoms with Crippen LogP contribution >= 0.6 is 23.2 Å². The second-order valence-corrected chi connectivity index (χ2v) is 9.16. The average molecular weight is 513 g/mol. The first-order chi connectivity index (χ1) is 17.5. The molecule has 0 bridgehead atoms. The van der Waals surface area contributed by atoms with Gasteiger partial charge in [0.15, 0.2) is 5.75 Å². The Labute approximate surface area is 215 Å². The van der Waals surface area contributed by atoms with Gasteiger partial charge in [-0.15, -0.1) is 0 Å². The molecule has 6 nitrogen and oxygen atoms in total. The molecule has 0 spiro atoms. The van der Waals surface area contributed by atoms with Crippen molar-refractivity contribution in [2.45, 2.75) is 0 Å². The number of amides is 1. The van der Waals surface area contributed by atoms with Gasteiger partial charge >= 0.3 is 0 Å². The summed E-state index contributed by atoms with van der Waals surface area (Å²) in [7, 11) is 0. The smallest absolute Gasteiger partial charge is 0.257 e. The number of anilines is 2. The minimum atomic E-state index is -0.365. The van der Waals surface area contributed by atoms with Gasteiger partial charge in [0.2, 0.25) is 5.88 Å². The minimum absolute atomic E-state index is 0.339. The molecule has 0 aliphatic carbocycles. The Kier molecular flexibility index (Phi) is 5.40. The number of aromatic amines is 1. The number of ether oxygens (including phenoxy) is 1. The third-order valence-corrected chi connectivity index (χ3v) is 6.44. The first kappa shape index (κ1) is 22.2. The van der Waals surface area contributed by atoms with E-state index in [0.717, 1.165) is 32.7 Å². The van der Waals surface area contributed by atoms with E-state index in [4.69, 9.17) is 38.7 Å². The van der Waals surface area contributed by atoms with Crippen LogP contribution in [0.4, 0.5) is 11.4 Å². The maximum atomic E-state index is 13.0. The van der Waals surface area contributed by atoms with Gasteiger partial charge in [0.1, 0.15) is 0 Å². The number of halogens is 2. The Morgan fingerprint density at radius 1 is 0.889 bits per heavy atom. The number of carbonyl (C=O) groups excluding carboxylic acids is 1. The van der Waals surface area contributed by atoms with Gasteiger partial charge in [0.05, 0.1) is 27.7 Å².